The lowest BCUT2D eigenvalue weighted by atomic mass is 10.0. The first-order valence-corrected chi connectivity index (χ1v) is 9.90. The lowest BCUT2D eigenvalue weighted by molar-refractivity contribution is -0.116. The van der Waals surface area contributed by atoms with Crippen molar-refractivity contribution >= 4 is 33.1 Å². The Labute approximate surface area is 152 Å². The van der Waals surface area contributed by atoms with Gasteiger partial charge in [-0.2, -0.15) is 0 Å². The van der Waals surface area contributed by atoms with Crippen LogP contribution in [-0.4, -0.2) is 10.9 Å². The summed E-state index contributed by atoms with van der Waals surface area (Å²) in [6, 6.07) is 14.7. The summed E-state index contributed by atoms with van der Waals surface area (Å²) in [5.74, 6) is 0.835. The first-order chi connectivity index (χ1) is 12.3. The van der Waals surface area contributed by atoms with Gasteiger partial charge in [-0.05, 0) is 29.2 Å². The highest BCUT2D eigenvalue weighted by atomic mass is 32.1. The predicted molar refractivity (Wildman–Crippen MR) is 105 cm³/mol. The van der Waals surface area contributed by atoms with Gasteiger partial charge in [0.2, 0.25) is 5.91 Å². The number of hydrogen-bond donors (Lipinski definition) is 1. The summed E-state index contributed by atoms with van der Waals surface area (Å²) in [5, 5.41) is 8.09. The smallest absolute Gasteiger partial charge is 0.226 e. The molecule has 25 heavy (non-hydrogen) atoms. The van der Waals surface area contributed by atoms with E-state index < -0.39 is 0 Å². The number of nitrogens with zero attached hydrogens (tertiary/aromatic N) is 1. The summed E-state index contributed by atoms with van der Waals surface area (Å²) in [5.41, 5.74) is 2.00. The molecule has 4 heteroatoms. The SMILES string of the molecule is O=C(CCC1CCCC1)Nc1nc(-c2ccc3ccccc3c2)cs1. The van der Waals surface area contributed by atoms with Crippen LogP contribution < -0.4 is 5.32 Å². The van der Waals surface area contributed by atoms with Crippen molar-refractivity contribution in [1.29, 1.82) is 0 Å². The van der Waals surface area contributed by atoms with Gasteiger partial charge in [-0.15, -0.1) is 11.3 Å². The second-order valence-electron chi connectivity index (χ2n) is 6.84. The highest BCUT2D eigenvalue weighted by molar-refractivity contribution is 7.14. The van der Waals surface area contributed by atoms with Gasteiger partial charge < -0.3 is 5.32 Å². The Morgan fingerprint density at radius 3 is 2.76 bits per heavy atom. The molecule has 0 aliphatic heterocycles. The van der Waals surface area contributed by atoms with Crippen LogP contribution in [0.4, 0.5) is 5.13 Å². The maximum atomic E-state index is 12.1. The number of anilines is 1. The molecule has 128 valence electrons. The Balaban J connectivity index is 1.41. The fraction of sp³-hybridized carbons (Fsp3) is 0.333. The molecule has 1 aromatic heterocycles. The van der Waals surface area contributed by atoms with Crippen molar-refractivity contribution < 1.29 is 4.79 Å². The number of carbonyl (C=O) groups excluding carboxylic acids is 1. The van der Waals surface area contributed by atoms with E-state index in [2.05, 4.69) is 40.6 Å². The van der Waals surface area contributed by atoms with Crippen molar-refractivity contribution in [2.75, 3.05) is 5.32 Å². The molecule has 3 nitrogen and oxygen atoms in total. The van der Waals surface area contributed by atoms with Crippen LogP contribution in [0.15, 0.2) is 47.8 Å². The Hall–Kier alpha value is -2.20. The highest BCUT2D eigenvalue weighted by Crippen LogP contribution is 2.30. The Morgan fingerprint density at radius 2 is 1.92 bits per heavy atom. The summed E-state index contributed by atoms with van der Waals surface area (Å²) in [4.78, 5) is 16.7. The summed E-state index contributed by atoms with van der Waals surface area (Å²) in [6.07, 6.45) is 6.85. The van der Waals surface area contributed by atoms with Crippen molar-refractivity contribution in [3.8, 4) is 11.3 Å². The van der Waals surface area contributed by atoms with Crippen LogP contribution in [0, 0.1) is 5.92 Å². The number of nitrogens with one attached hydrogen (secondary N) is 1. The third kappa shape index (κ3) is 3.90. The van der Waals surface area contributed by atoms with Crippen molar-refractivity contribution in [3.63, 3.8) is 0 Å². The molecule has 2 aromatic carbocycles. The number of hydrogen-bond acceptors (Lipinski definition) is 3. The van der Waals surface area contributed by atoms with Crippen molar-refractivity contribution in [3.05, 3.63) is 47.8 Å². The summed E-state index contributed by atoms with van der Waals surface area (Å²) in [7, 11) is 0. The molecule has 1 N–H and O–H groups in total. The molecule has 1 saturated carbocycles. The molecular weight excluding hydrogens is 328 g/mol. The Kier molecular flexibility index (Phi) is 4.79. The number of rotatable bonds is 5. The molecule has 1 amide bonds. The molecule has 1 heterocycles. The van der Waals surface area contributed by atoms with E-state index in [-0.39, 0.29) is 5.91 Å². The quantitative estimate of drug-likeness (QED) is 0.625. The molecule has 3 aromatic rings. The fourth-order valence-corrected chi connectivity index (χ4v) is 4.36. The second kappa shape index (κ2) is 7.36. The first-order valence-electron chi connectivity index (χ1n) is 9.02. The molecule has 1 fully saturated rings. The average molecular weight is 350 g/mol. The number of aromatic nitrogens is 1. The molecule has 0 bridgehead atoms. The third-order valence-corrected chi connectivity index (χ3v) is 5.81. The van der Waals surface area contributed by atoms with Gasteiger partial charge in [-0.25, -0.2) is 4.98 Å². The largest absolute Gasteiger partial charge is 0.302 e. The van der Waals surface area contributed by atoms with Gasteiger partial charge in [-0.1, -0.05) is 62.1 Å². The van der Waals surface area contributed by atoms with E-state index in [9.17, 15) is 4.79 Å². The summed E-state index contributed by atoms with van der Waals surface area (Å²) >= 11 is 1.49. The topological polar surface area (TPSA) is 42.0 Å². The van der Waals surface area contributed by atoms with Crippen LogP contribution in [0.25, 0.3) is 22.0 Å². The van der Waals surface area contributed by atoms with Gasteiger partial charge >= 0.3 is 0 Å². The van der Waals surface area contributed by atoms with Crippen molar-refractivity contribution in [1.82, 2.24) is 4.98 Å². The van der Waals surface area contributed by atoms with Crippen LogP contribution in [0.3, 0.4) is 0 Å². The maximum absolute atomic E-state index is 12.1. The monoisotopic (exact) mass is 350 g/mol. The van der Waals surface area contributed by atoms with Gasteiger partial charge in [0, 0.05) is 17.4 Å². The predicted octanol–water partition coefficient (Wildman–Crippen LogP) is 5.87. The molecule has 0 spiro atoms. The zero-order valence-corrected chi connectivity index (χ0v) is 15.0. The second-order valence-corrected chi connectivity index (χ2v) is 7.70. The van der Waals surface area contributed by atoms with Crippen LogP contribution in [0.1, 0.15) is 38.5 Å². The molecule has 0 unspecified atom stereocenters. The number of fused-ring (bicyclic) bond motifs is 1. The van der Waals surface area contributed by atoms with Crippen molar-refractivity contribution in [2.45, 2.75) is 38.5 Å². The average Bonchev–Trinajstić information content (AvgIpc) is 3.31. The summed E-state index contributed by atoms with van der Waals surface area (Å²) < 4.78 is 0. The van der Waals surface area contributed by atoms with Gasteiger partial charge in [0.05, 0.1) is 5.69 Å². The third-order valence-electron chi connectivity index (χ3n) is 5.05. The van der Waals surface area contributed by atoms with Gasteiger partial charge in [0.1, 0.15) is 0 Å². The van der Waals surface area contributed by atoms with Crippen LogP contribution in [0.2, 0.25) is 0 Å². The maximum Gasteiger partial charge on any atom is 0.226 e. The molecule has 1 aliphatic carbocycles. The Morgan fingerprint density at radius 1 is 1.12 bits per heavy atom. The van der Waals surface area contributed by atoms with Gasteiger partial charge in [0.25, 0.3) is 0 Å². The van der Waals surface area contributed by atoms with Gasteiger partial charge in [-0.3, -0.25) is 4.79 Å². The Bertz CT molecular complexity index is 880. The first kappa shape index (κ1) is 16.3. The van der Waals surface area contributed by atoms with E-state index in [0.717, 1.165) is 23.6 Å². The normalized spacial score (nSPS) is 14.9. The standard InChI is InChI=1S/C21H22N2OS/c24-20(12-9-15-5-1-2-6-15)23-21-22-19(14-25-21)18-11-10-16-7-3-4-8-17(16)13-18/h3-4,7-8,10-11,13-15H,1-2,5-6,9,12H2,(H,22,23,24). The molecule has 4 rings (SSSR count). The number of thiazole rings is 1. The van der Waals surface area contributed by atoms with E-state index in [1.165, 1.54) is 47.8 Å². The number of carbonyl (C=O) groups is 1. The number of amides is 1. The lowest BCUT2D eigenvalue weighted by Crippen LogP contribution is -2.12. The zero-order chi connectivity index (χ0) is 17.1. The van der Waals surface area contributed by atoms with E-state index >= 15 is 0 Å². The van der Waals surface area contributed by atoms with Gasteiger partial charge in [0.15, 0.2) is 5.13 Å². The van der Waals surface area contributed by atoms with E-state index in [0.29, 0.717) is 11.6 Å². The molecule has 0 saturated heterocycles. The zero-order valence-electron chi connectivity index (χ0n) is 14.2. The van der Waals surface area contributed by atoms with Crippen LogP contribution >= 0.6 is 11.3 Å². The molecule has 0 atom stereocenters. The summed E-state index contributed by atoms with van der Waals surface area (Å²) in [6.45, 7) is 0. The molecular formula is C21H22N2OS. The van der Waals surface area contributed by atoms with E-state index in [1.807, 2.05) is 17.5 Å². The minimum absolute atomic E-state index is 0.0892. The van der Waals surface area contributed by atoms with Crippen LogP contribution in [0.5, 0.6) is 0 Å². The van der Waals surface area contributed by atoms with E-state index in [4.69, 9.17) is 0 Å². The van der Waals surface area contributed by atoms with E-state index in [1.54, 1.807) is 0 Å². The van der Waals surface area contributed by atoms with Crippen LogP contribution in [-0.2, 0) is 4.79 Å². The minimum atomic E-state index is 0.0892. The number of benzene rings is 2. The lowest BCUT2D eigenvalue weighted by Gasteiger charge is -2.07. The van der Waals surface area contributed by atoms with Crippen molar-refractivity contribution in [2.24, 2.45) is 5.92 Å². The highest BCUT2D eigenvalue weighted by Gasteiger charge is 2.16. The molecule has 0 radical (unpaired) electrons. The minimum Gasteiger partial charge on any atom is -0.302 e. The molecule has 1 aliphatic rings. The fourth-order valence-electron chi connectivity index (χ4n) is 3.63.